The van der Waals surface area contributed by atoms with Crippen LogP contribution in [0.5, 0.6) is 0 Å². The second-order valence-electron chi connectivity index (χ2n) is 4.82. The van der Waals surface area contributed by atoms with Crippen molar-refractivity contribution in [3.63, 3.8) is 0 Å². The van der Waals surface area contributed by atoms with Gasteiger partial charge in [-0.05, 0) is 19.3 Å². The van der Waals surface area contributed by atoms with Crippen molar-refractivity contribution in [3.8, 4) is 0 Å². The molecule has 0 bridgehead atoms. The largest absolute Gasteiger partial charge is 0.466 e. The fourth-order valence-electron chi connectivity index (χ4n) is 2.08. The van der Waals surface area contributed by atoms with E-state index in [1.54, 1.807) is 0 Å². The minimum absolute atomic E-state index is 0.0612. The van der Waals surface area contributed by atoms with Crippen LogP contribution in [-0.4, -0.2) is 24.3 Å². The van der Waals surface area contributed by atoms with Crippen LogP contribution in [0.2, 0.25) is 0 Å². The van der Waals surface area contributed by atoms with Crippen LogP contribution >= 0.6 is 0 Å². The minimum atomic E-state index is -2.61. The first kappa shape index (κ1) is 15.1. The van der Waals surface area contributed by atoms with Crippen LogP contribution in [0.1, 0.15) is 51.9 Å². The van der Waals surface area contributed by atoms with Gasteiger partial charge in [0, 0.05) is 25.2 Å². The number of rotatable bonds is 6. The summed E-state index contributed by atoms with van der Waals surface area (Å²) in [5.74, 6) is -3.38. The second-order valence-corrected chi connectivity index (χ2v) is 4.82. The molecular weight excluding hydrogens is 242 g/mol. The molecule has 5 heteroatoms. The van der Waals surface area contributed by atoms with Gasteiger partial charge in [0.05, 0.1) is 13.0 Å². The predicted molar refractivity (Wildman–Crippen MR) is 62.4 cm³/mol. The fraction of sp³-hybridized carbons (Fsp3) is 0.846. The molecule has 0 aromatic rings. The molecule has 0 N–H and O–H groups in total. The molecule has 0 unspecified atom stereocenters. The van der Waals surface area contributed by atoms with Gasteiger partial charge >= 0.3 is 5.97 Å². The average Bonchev–Trinajstić information content (AvgIpc) is 2.33. The Balaban J connectivity index is 2.23. The zero-order chi connectivity index (χ0) is 13.6. The van der Waals surface area contributed by atoms with Crippen LogP contribution in [0.25, 0.3) is 0 Å². The van der Waals surface area contributed by atoms with E-state index < -0.39 is 5.92 Å². The molecule has 1 aliphatic carbocycles. The third-order valence-electron chi connectivity index (χ3n) is 3.22. The molecule has 1 fully saturated rings. The Morgan fingerprint density at radius 2 is 1.83 bits per heavy atom. The molecule has 104 valence electrons. The lowest BCUT2D eigenvalue weighted by atomic mass is 9.83. The Hall–Kier alpha value is -1.00. The molecule has 0 radical (unpaired) electrons. The summed E-state index contributed by atoms with van der Waals surface area (Å²) in [6, 6.07) is 0. The van der Waals surface area contributed by atoms with Crippen molar-refractivity contribution in [2.24, 2.45) is 5.92 Å². The molecule has 0 aromatic heterocycles. The summed E-state index contributed by atoms with van der Waals surface area (Å²) in [5.41, 5.74) is 0. The normalized spacial score (nSPS) is 19.5. The maximum atomic E-state index is 12.9. The van der Waals surface area contributed by atoms with Gasteiger partial charge in [0.15, 0.2) is 0 Å². The maximum absolute atomic E-state index is 12.9. The Morgan fingerprint density at radius 3 is 2.39 bits per heavy atom. The van der Waals surface area contributed by atoms with E-state index in [1.807, 2.05) is 6.92 Å². The Morgan fingerprint density at radius 1 is 1.22 bits per heavy atom. The van der Waals surface area contributed by atoms with Crippen molar-refractivity contribution in [2.45, 2.75) is 57.8 Å². The Kier molecular flexibility index (Phi) is 5.69. The molecule has 0 aliphatic heterocycles. The van der Waals surface area contributed by atoms with E-state index in [2.05, 4.69) is 0 Å². The molecule has 0 atom stereocenters. The Bertz CT molecular complexity index is 293. The number of Topliss-reactive ketones (excluding diaryl/α,β-unsaturated/α-hetero) is 1. The van der Waals surface area contributed by atoms with Crippen LogP contribution in [0.4, 0.5) is 8.78 Å². The molecule has 18 heavy (non-hydrogen) atoms. The summed E-state index contributed by atoms with van der Waals surface area (Å²) in [4.78, 5) is 22.9. The number of ether oxygens (including phenoxy) is 1. The third kappa shape index (κ3) is 5.10. The van der Waals surface area contributed by atoms with Gasteiger partial charge < -0.3 is 4.74 Å². The molecular formula is C13H20F2O3. The van der Waals surface area contributed by atoms with Crippen LogP contribution < -0.4 is 0 Å². The molecule has 1 aliphatic rings. The van der Waals surface area contributed by atoms with Crippen molar-refractivity contribution in [1.29, 1.82) is 0 Å². The first-order chi connectivity index (χ1) is 8.44. The van der Waals surface area contributed by atoms with Crippen molar-refractivity contribution in [3.05, 3.63) is 0 Å². The molecule has 0 saturated heterocycles. The number of ketones is 1. The maximum Gasteiger partial charge on any atom is 0.306 e. The topological polar surface area (TPSA) is 43.4 Å². The van der Waals surface area contributed by atoms with Gasteiger partial charge in [0.25, 0.3) is 0 Å². The van der Waals surface area contributed by atoms with Gasteiger partial charge in [-0.3, -0.25) is 9.59 Å². The molecule has 1 saturated carbocycles. The molecule has 0 heterocycles. The van der Waals surface area contributed by atoms with Gasteiger partial charge in [-0.2, -0.15) is 0 Å². The van der Waals surface area contributed by atoms with Crippen LogP contribution in [0.3, 0.4) is 0 Å². The van der Waals surface area contributed by atoms with E-state index in [9.17, 15) is 18.4 Å². The third-order valence-corrected chi connectivity index (χ3v) is 3.22. The van der Waals surface area contributed by atoms with Crippen molar-refractivity contribution < 1.29 is 23.1 Å². The van der Waals surface area contributed by atoms with Gasteiger partial charge in [-0.15, -0.1) is 0 Å². The van der Waals surface area contributed by atoms with E-state index in [1.165, 1.54) is 0 Å². The highest BCUT2D eigenvalue weighted by molar-refractivity contribution is 5.84. The Labute approximate surface area is 106 Å². The van der Waals surface area contributed by atoms with Crippen molar-refractivity contribution in [2.75, 3.05) is 6.61 Å². The summed E-state index contributed by atoms with van der Waals surface area (Å²) < 4.78 is 30.7. The van der Waals surface area contributed by atoms with E-state index in [4.69, 9.17) is 4.74 Å². The second kappa shape index (κ2) is 6.81. The molecule has 3 nitrogen and oxygen atoms in total. The average molecular weight is 262 g/mol. The van der Waals surface area contributed by atoms with E-state index in [0.29, 0.717) is 6.61 Å². The van der Waals surface area contributed by atoms with Gasteiger partial charge in [0.1, 0.15) is 5.78 Å². The zero-order valence-electron chi connectivity index (χ0n) is 10.7. The van der Waals surface area contributed by atoms with Crippen LogP contribution in [0, 0.1) is 5.92 Å². The van der Waals surface area contributed by atoms with Gasteiger partial charge in [-0.1, -0.05) is 6.92 Å². The standard InChI is InChI=1S/C13H20F2O3/c1-2-9-18-12(17)4-3-11(16)10-5-7-13(14,15)8-6-10/h10H,2-9H2,1H3. The molecule has 1 rings (SSSR count). The summed E-state index contributed by atoms with van der Waals surface area (Å²) in [5, 5.41) is 0. The summed E-state index contributed by atoms with van der Waals surface area (Å²) in [6.45, 7) is 2.25. The number of hydrogen-bond acceptors (Lipinski definition) is 3. The van der Waals surface area contributed by atoms with E-state index >= 15 is 0 Å². The summed E-state index contributed by atoms with van der Waals surface area (Å²) >= 11 is 0. The lowest BCUT2D eigenvalue weighted by Gasteiger charge is -2.27. The summed E-state index contributed by atoms with van der Waals surface area (Å²) in [7, 11) is 0. The highest BCUT2D eigenvalue weighted by Gasteiger charge is 2.37. The SMILES string of the molecule is CCCOC(=O)CCC(=O)C1CCC(F)(F)CC1. The lowest BCUT2D eigenvalue weighted by molar-refractivity contribution is -0.145. The molecule has 0 aromatic carbocycles. The lowest BCUT2D eigenvalue weighted by Crippen LogP contribution is -2.28. The van der Waals surface area contributed by atoms with Gasteiger partial charge in [-0.25, -0.2) is 8.78 Å². The highest BCUT2D eigenvalue weighted by Crippen LogP contribution is 2.36. The number of hydrogen-bond donors (Lipinski definition) is 0. The fourth-order valence-corrected chi connectivity index (χ4v) is 2.08. The van der Waals surface area contributed by atoms with Gasteiger partial charge in [0.2, 0.25) is 5.92 Å². The monoisotopic (exact) mass is 262 g/mol. The number of halogens is 2. The number of carbonyl (C=O) groups excluding carboxylic acids is 2. The van der Waals surface area contributed by atoms with Crippen molar-refractivity contribution >= 4 is 11.8 Å². The first-order valence-electron chi connectivity index (χ1n) is 6.51. The number of esters is 1. The zero-order valence-corrected chi connectivity index (χ0v) is 10.7. The smallest absolute Gasteiger partial charge is 0.306 e. The first-order valence-corrected chi connectivity index (χ1v) is 6.51. The minimum Gasteiger partial charge on any atom is -0.466 e. The highest BCUT2D eigenvalue weighted by atomic mass is 19.3. The van der Waals surface area contributed by atoms with Crippen LogP contribution in [0.15, 0.2) is 0 Å². The van der Waals surface area contributed by atoms with E-state index in [-0.39, 0.29) is 56.2 Å². The summed E-state index contributed by atoms with van der Waals surface area (Å²) in [6.07, 6.45) is 0.945. The number of carbonyl (C=O) groups is 2. The predicted octanol–water partition coefficient (Wildman–Crippen LogP) is 3.11. The van der Waals surface area contributed by atoms with Crippen molar-refractivity contribution in [1.82, 2.24) is 0 Å². The quantitative estimate of drug-likeness (QED) is 0.691. The number of alkyl halides is 2. The van der Waals surface area contributed by atoms with Crippen LogP contribution in [-0.2, 0) is 14.3 Å². The molecule has 0 amide bonds. The molecule has 0 spiro atoms. The van der Waals surface area contributed by atoms with E-state index in [0.717, 1.165) is 6.42 Å².